The van der Waals surface area contributed by atoms with E-state index in [0.29, 0.717) is 6.54 Å². The number of hydrogen-bond donors (Lipinski definition) is 2. The Morgan fingerprint density at radius 3 is 2.60 bits per heavy atom. The third-order valence-corrected chi connectivity index (χ3v) is 3.66. The highest BCUT2D eigenvalue weighted by Gasteiger charge is 2.24. The molecule has 6 nitrogen and oxygen atoms in total. The number of piperidine rings is 1. The first-order valence-corrected chi connectivity index (χ1v) is 6.72. The van der Waals surface area contributed by atoms with Crippen molar-refractivity contribution >= 4 is 11.9 Å². The monoisotopic (exact) mass is 277 g/mol. The molecule has 1 aliphatic rings. The molecule has 0 aliphatic carbocycles. The number of carboxylic acid groups (broad SMARTS) is 1. The molecule has 0 saturated carbocycles. The van der Waals surface area contributed by atoms with E-state index in [1.165, 1.54) is 6.20 Å². The van der Waals surface area contributed by atoms with E-state index in [4.69, 9.17) is 5.11 Å². The van der Waals surface area contributed by atoms with Crippen LogP contribution < -0.4 is 5.32 Å². The number of aromatic carboxylic acids is 1. The van der Waals surface area contributed by atoms with Gasteiger partial charge in [-0.3, -0.25) is 14.7 Å². The number of aromatic nitrogens is 1. The van der Waals surface area contributed by atoms with Crippen molar-refractivity contribution in [3.8, 4) is 0 Å². The number of pyridine rings is 1. The number of hydrogen-bond acceptors (Lipinski definition) is 4. The number of carboxylic acids is 1. The van der Waals surface area contributed by atoms with Gasteiger partial charge in [0, 0.05) is 25.7 Å². The van der Waals surface area contributed by atoms with Gasteiger partial charge in [0.15, 0.2) is 0 Å². The summed E-state index contributed by atoms with van der Waals surface area (Å²) in [6.45, 7) is 2.42. The smallest absolute Gasteiger partial charge is 0.337 e. The fourth-order valence-corrected chi connectivity index (χ4v) is 2.43. The Labute approximate surface area is 117 Å². The maximum atomic E-state index is 11.5. The Morgan fingerprint density at radius 1 is 1.40 bits per heavy atom. The van der Waals surface area contributed by atoms with Gasteiger partial charge < -0.3 is 10.4 Å². The summed E-state index contributed by atoms with van der Waals surface area (Å²) in [5, 5.41) is 11.5. The summed E-state index contributed by atoms with van der Waals surface area (Å²) in [5.41, 5.74) is 1.06. The fraction of sp³-hybridized carbons (Fsp3) is 0.500. The lowest BCUT2D eigenvalue weighted by Gasteiger charge is -2.30. The number of nitrogens with one attached hydrogen (secondary N) is 1. The molecule has 108 valence electrons. The van der Waals surface area contributed by atoms with Crippen LogP contribution in [0.15, 0.2) is 18.3 Å². The number of rotatable bonds is 4. The Kier molecular flexibility index (Phi) is 4.68. The number of nitrogens with zero attached hydrogens (tertiary/aromatic N) is 2. The third kappa shape index (κ3) is 3.54. The van der Waals surface area contributed by atoms with Crippen LogP contribution in [0.1, 0.15) is 28.9 Å². The Hall–Kier alpha value is -1.95. The van der Waals surface area contributed by atoms with Crippen LogP contribution in [0.25, 0.3) is 0 Å². The number of likely N-dealkylation sites (tertiary alicyclic amines) is 1. The van der Waals surface area contributed by atoms with Crippen molar-refractivity contribution in [1.82, 2.24) is 15.2 Å². The number of carbonyl (C=O) groups is 2. The second-order valence-electron chi connectivity index (χ2n) is 5.01. The van der Waals surface area contributed by atoms with E-state index in [2.05, 4.69) is 15.2 Å². The van der Waals surface area contributed by atoms with Gasteiger partial charge in [0.1, 0.15) is 0 Å². The average Bonchev–Trinajstić information content (AvgIpc) is 2.48. The van der Waals surface area contributed by atoms with Crippen molar-refractivity contribution in [2.45, 2.75) is 19.4 Å². The second-order valence-corrected chi connectivity index (χ2v) is 5.01. The van der Waals surface area contributed by atoms with Crippen molar-refractivity contribution in [2.75, 3.05) is 20.1 Å². The Bertz CT molecular complexity index is 479. The lowest BCUT2D eigenvalue weighted by molar-refractivity contribution is -0.125. The first-order valence-electron chi connectivity index (χ1n) is 6.72. The zero-order chi connectivity index (χ0) is 14.5. The molecule has 0 radical (unpaired) electrons. The summed E-state index contributed by atoms with van der Waals surface area (Å²) in [7, 11) is 1.67. The summed E-state index contributed by atoms with van der Waals surface area (Å²) >= 11 is 0. The maximum Gasteiger partial charge on any atom is 0.337 e. The molecule has 0 aromatic carbocycles. The van der Waals surface area contributed by atoms with Crippen LogP contribution in [0.5, 0.6) is 0 Å². The van der Waals surface area contributed by atoms with E-state index >= 15 is 0 Å². The molecule has 0 spiro atoms. The van der Waals surface area contributed by atoms with Crippen LogP contribution in [0.4, 0.5) is 0 Å². The van der Waals surface area contributed by atoms with Crippen molar-refractivity contribution in [1.29, 1.82) is 0 Å². The molecule has 1 amide bonds. The first-order chi connectivity index (χ1) is 9.60. The topological polar surface area (TPSA) is 82.5 Å². The van der Waals surface area contributed by atoms with Crippen LogP contribution in [0.2, 0.25) is 0 Å². The molecule has 1 saturated heterocycles. The van der Waals surface area contributed by atoms with Crippen LogP contribution in [0.3, 0.4) is 0 Å². The van der Waals surface area contributed by atoms with Gasteiger partial charge in [-0.2, -0.15) is 0 Å². The van der Waals surface area contributed by atoms with Crippen LogP contribution in [0, 0.1) is 5.92 Å². The standard InChI is InChI=1S/C14H19N3O3/c1-15-13(18)10-4-6-17(7-5-10)9-12-3-2-11(8-16-12)14(19)20/h2-3,8,10H,4-7,9H2,1H3,(H,15,18)(H,19,20). The van der Waals surface area contributed by atoms with E-state index in [-0.39, 0.29) is 17.4 Å². The summed E-state index contributed by atoms with van der Waals surface area (Å²) < 4.78 is 0. The highest BCUT2D eigenvalue weighted by molar-refractivity contribution is 5.87. The van der Waals surface area contributed by atoms with Crippen LogP contribution >= 0.6 is 0 Å². The quantitative estimate of drug-likeness (QED) is 0.848. The van der Waals surface area contributed by atoms with Gasteiger partial charge in [0.05, 0.1) is 11.3 Å². The molecule has 0 atom stereocenters. The largest absolute Gasteiger partial charge is 0.478 e. The van der Waals surface area contributed by atoms with Gasteiger partial charge in [-0.1, -0.05) is 0 Å². The summed E-state index contributed by atoms with van der Waals surface area (Å²) in [4.78, 5) is 28.7. The Balaban J connectivity index is 1.86. The predicted molar refractivity (Wildman–Crippen MR) is 73.3 cm³/mol. The van der Waals surface area contributed by atoms with E-state index in [0.717, 1.165) is 31.6 Å². The lowest BCUT2D eigenvalue weighted by Crippen LogP contribution is -2.39. The molecule has 6 heteroatoms. The molecular weight excluding hydrogens is 258 g/mol. The molecule has 2 N–H and O–H groups in total. The van der Waals surface area contributed by atoms with Crippen LogP contribution in [-0.4, -0.2) is 47.0 Å². The lowest BCUT2D eigenvalue weighted by atomic mass is 9.96. The van der Waals surface area contributed by atoms with Crippen molar-refractivity contribution in [3.63, 3.8) is 0 Å². The maximum absolute atomic E-state index is 11.5. The van der Waals surface area contributed by atoms with E-state index in [9.17, 15) is 9.59 Å². The second kappa shape index (κ2) is 6.47. The summed E-state index contributed by atoms with van der Waals surface area (Å²) in [6.07, 6.45) is 3.09. The van der Waals surface area contributed by atoms with E-state index in [1.807, 2.05) is 0 Å². The summed E-state index contributed by atoms with van der Waals surface area (Å²) in [5.74, 6) is -0.734. The molecule has 2 heterocycles. The SMILES string of the molecule is CNC(=O)C1CCN(Cc2ccc(C(=O)O)cn2)CC1. The summed E-state index contributed by atoms with van der Waals surface area (Å²) in [6, 6.07) is 3.32. The molecule has 1 aromatic heterocycles. The molecule has 2 rings (SSSR count). The minimum absolute atomic E-state index is 0.110. The normalized spacial score (nSPS) is 16.9. The predicted octanol–water partition coefficient (Wildman–Crippen LogP) is 0.738. The van der Waals surface area contributed by atoms with Gasteiger partial charge in [-0.05, 0) is 38.1 Å². The molecule has 0 bridgehead atoms. The van der Waals surface area contributed by atoms with Gasteiger partial charge >= 0.3 is 5.97 Å². The number of amides is 1. The van der Waals surface area contributed by atoms with Gasteiger partial charge in [0.2, 0.25) is 5.91 Å². The molecule has 1 aromatic rings. The Morgan fingerprint density at radius 2 is 2.10 bits per heavy atom. The fourth-order valence-electron chi connectivity index (χ4n) is 2.43. The minimum atomic E-state index is -0.963. The van der Waals surface area contributed by atoms with Gasteiger partial charge in [0.25, 0.3) is 0 Å². The van der Waals surface area contributed by atoms with Gasteiger partial charge in [-0.25, -0.2) is 4.79 Å². The number of carbonyl (C=O) groups excluding carboxylic acids is 1. The molecule has 0 unspecified atom stereocenters. The van der Waals surface area contributed by atoms with Crippen LogP contribution in [-0.2, 0) is 11.3 Å². The van der Waals surface area contributed by atoms with Crippen molar-refractivity contribution in [2.24, 2.45) is 5.92 Å². The van der Waals surface area contributed by atoms with Gasteiger partial charge in [-0.15, -0.1) is 0 Å². The highest BCUT2D eigenvalue weighted by Crippen LogP contribution is 2.18. The molecule has 20 heavy (non-hydrogen) atoms. The van der Waals surface area contributed by atoms with Crippen molar-refractivity contribution in [3.05, 3.63) is 29.6 Å². The average molecular weight is 277 g/mol. The third-order valence-electron chi connectivity index (χ3n) is 3.66. The molecule has 1 fully saturated rings. The first kappa shape index (κ1) is 14.5. The molecular formula is C14H19N3O3. The minimum Gasteiger partial charge on any atom is -0.478 e. The van der Waals surface area contributed by atoms with E-state index < -0.39 is 5.97 Å². The highest BCUT2D eigenvalue weighted by atomic mass is 16.4. The molecule has 1 aliphatic heterocycles. The zero-order valence-electron chi connectivity index (χ0n) is 11.5. The zero-order valence-corrected chi connectivity index (χ0v) is 11.5. The van der Waals surface area contributed by atoms with Crippen molar-refractivity contribution < 1.29 is 14.7 Å². The van der Waals surface area contributed by atoms with E-state index in [1.54, 1.807) is 19.2 Å².